The Morgan fingerprint density at radius 2 is 1.84 bits per heavy atom. The van der Waals surface area contributed by atoms with Gasteiger partial charge in [-0.05, 0) is 76.9 Å². The van der Waals surface area contributed by atoms with Gasteiger partial charge in [0.25, 0.3) is 10.1 Å². The Bertz CT molecular complexity index is 962. The quantitative estimate of drug-likeness (QED) is 0.138. The monoisotopic (exact) mass is 557 g/mol. The number of hydrogen-bond donors (Lipinski definition) is 0. The van der Waals surface area contributed by atoms with Crippen molar-refractivity contribution in [2.75, 3.05) is 19.4 Å². The molecule has 5 atom stereocenters. The zero-order chi connectivity index (χ0) is 28.4. The predicted octanol–water partition coefficient (Wildman–Crippen LogP) is 6.15. The lowest BCUT2D eigenvalue weighted by Gasteiger charge is -2.56. The molecule has 0 aromatic rings. The maximum Gasteiger partial charge on any atom is 0.311 e. The van der Waals surface area contributed by atoms with E-state index in [1.54, 1.807) is 0 Å². The summed E-state index contributed by atoms with van der Waals surface area (Å²) >= 11 is 0. The van der Waals surface area contributed by atoms with Gasteiger partial charge in [0.05, 0.1) is 30.5 Å². The van der Waals surface area contributed by atoms with Crippen molar-refractivity contribution in [3.05, 3.63) is 12.7 Å². The molecule has 0 saturated heterocycles. The van der Waals surface area contributed by atoms with Crippen LogP contribution in [0.3, 0.4) is 0 Å². The average molecular weight is 558 g/mol. The highest BCUT2D eigenvalue weighted by Gasteiger charge is 2.59. The summed E-state index contributed by atoms with van der Waals surface area (Å²) in [5, 5.41) is 0.00203. The Labute approximate surface area is 227 Å². The van der Waals surface area contributed by atoms with Gasteiger partial charge in [-0.15, -0.1) is 6.58 Å². The molecule has 214 valence electrons. The smallest absolute Gasteiger partial charge is 0.311 e. The zero-order valence-electron chi connectivity index (χ0n) is 24.8. The summed E-state index contributed by atoms with van der Waals surface area (Å²) in [4.78, 5) is 17.5. The third-order valence-electron chi connectivity index (χ3n) is 8.48. The van der Waals surface area contributed by atoms with Crippen molar-refractivity contribution >= 4 is 30.1 Å². The first-order valence-corrected chi connectivity index (χ1v) is 18.4. The minimum absolute atomic E-state index is 0.00203. The summed E-state index contributed by atoms with van der Waals surface area (Å²) in [6.07, 6.45) is 5.53. The van der Waals surface area contributed by atoms with Crippen LogP contribution in [0.1, 0.15) is 80.6 Å². The first kappa shape index (κ1) is 32.2. The number of aliphatic imine (C=N–C) groups is 1. The topological polar surface area (TPSA) is 91.3 Å². The summed E-state index contributed by atoms with van der Waals surface area (Å²) in [5.41, 5.74) is -0.314. The Hall–Kier alpha value is -1.03. The van der Waals surface area contributed by atoms with Gasteiger partial charge < -0.3 is 9.16 Å². The van der Waals surface area contributed by atoms with E-state index in [4.69, 9.17) is 18.3 Å². The fourth-order valence-electron chi connectivity index (χ4n) is 5.54. The summed E-state index contributed by atoms with van der Waals surface area (Å²) in [6, 6.07) is 0. The van der Waals surface area contributed by atoms with Crippen molar-refractivity contribution in [3.8, 4) is 0 Å². The maximum absolute atomic E-state index is 12.6. The van der Waals surface area contributed by atoms with Crippen LogP contribution < -0.4 is 0 Å². The minimum Gasteiger partial charge on any atom is -0.465 e. The Kier molecular flexibility index (Phi) is 10.1. The Morgan fingerprint density at radius 3 is 2.30 bits per heavy atom. The minimum atomic E-state index is -3.73. The maximum atomic E-state index is 12.6. The molecule has 9 heteroatoms. The van der Waals surface area contributed by atoms with Gasteiger partial charge in [-0.1, -0.05) is 33.8 Å². The highest BCUT2D eigenvalue weighted by Crippen LogP contribution is 2.54. The van der Waals surface area contributed by atoms with Crippen molar-refractivity contribution < 1.29 is 26.6 Å². The number of rotatable bonds is 10. The van der Waals surface area contributed by atoms with E-state index in [0.717, 1.165) is 31.4 Å². The molecule has 2 rings (SSSR count). The van der Waals surface area contributed by atoms with Gasteiger partial charge in [-0.25, -0.2) is 0 Å². The molecule has 1 saturated carbocycles. The Balaban J connectivity index is 2.65. The van der Waals surface area contributed by atoms with Crippen molar-refractivity contribution in [3.63, 3.8) is 0 Å². The van der Waals surface area contributed by atoms with Crippen LogP contribution in [0.2, 0.25) is 18.1 Å². The molecule has 37 heavy (non-hydrogen) atoms. The number of ether oxygens (including phenoxy) is 1. The van der Waals surface area contributed by atoms with E-state index in [-0.39, 0.29) is 35.6 Å². The van der Waals surface area contributed by atoms with Crippen LogP contribution in [0, 0.1) is 22.7 Å². The van der Waals surface area contributed by atoms with Crippen LogP contribution in [0.15, 0.2) is 17.6 Å². The number of carbonyl (C=O) groups is 1. The standard InChI is InChI=1S/C28H51NO6SSi/c1-12-16-28(22-14-13-17-29-22)21(15-18-33-25(30)26(3,4)5)24(35-37(10,11)27(6,7)8)20(2)19-23(28)34-36(9,31)32/h12,20-21,23-24H,1,13-19H2,2-11H3/t20-,21+,23-,24-,28-/m0/s1. The van der Waals surface area contributed by atoms with E-state index >= 15 is 0 Å². The van der Waals surface area contributed by atoms with Crippen LogP contribution in [0.5, 0.6) is 0 Å². The highest BCUT2D eigenvalue weighted by atomic mass is 32.2. The number of carbonyl (C=O) groups excluding carboxylic acids is 1. The molecule has 1 heterocycles. The molecule has 0 N–H and O–H groups in total. The zero-order valence-corrected chi connectivity index (χ0v) is 26.7. The first-order chi connectivity index (χ1) is 16.8. The lowest BCUT2D eigenvalue weighted by atomic mass is 9.55. The number of nitrogens with zero attached hydrogens (tertiary/aromatic N) is 1. The van der Waals surface area contributed by atoms with E-state index in [2.05, 4.69) is 47.4 Å². The highest BCUT2D eigenvalue weighted by molar-refractivity contribution is 7.86. The number of esters is 1. The molecule has 1 aliphatic heterocycles. The van der Waals surface area contributed by atoms with Gasteiger partial charge in [-0.2, -0.15) is 8.42 Å². The van der Waals surface area contributed by atoms with Crippen LogP contribution in [0.4, 0.5) is 0 Å². The molecule has 0 spiro atoms. The molecule has 0 unspecified atom stereocenters. The van der Waals surface area contributed by atoms with E-state index in [1.807, 2.05) is 26.8 Å². The van der Waals surface area contributed by atoms with Gasteiger partial charge in [0.15, 0.2) is 8.32 Å². The fraction of sp³-hybridized carbons (Fsp3) is 0.857. The van der Waals surface area contributed by atoms with Gasteiger partial charge in [0.2, 0.25) is 0 Å². The second-order valence-corrected chi connectivity index (χ2v) is 19.9. The summed E-state index contributed by atoms with van der Waals surface area (Å²) in [5.74, 6) is -0.362. The third kappa shape index (κ3) is 7.55. The van der Waals surface area contributed by atoms with Crippen molar-refractivity contribution in [2.45, 2.75) is 111 Å². The third-order valence-corrected chi connectivity index (χ3v) is 13.5. The molecule has 0 radical (unpaired) electrons. The molecular weight excluding hydrogens is 506 g/mol. The predicted molar refractivity (Wildman–Crippen MR) is 153 cm³/mol. The van der Waals surface area contributed by atoms with Gasteiger partial charge in [0.1, 0.15) is 0 Å². The molecule has 0 bridgehead atoms. The fourth-order valence-corrected chi connectivity index (χ4v) is 7.64. The van der Waals surface area contributed by atoms with Crippen LogP contribution in [-0.4, -0.2) is 60.0 Å². The summed E-state index contributed by atoms with van der Waals surface area (Å²) < 4.78 is 43.8. The van der Waals surface area contributed by atoms with Gasteiger partial charge >= 0.3 is 5.97 Å². The molecule has 0 aromatic heterocycles. The SMILES string of the molecule is C=CC[C@]1(C2=NCCC2)[C@@H](OS(C)(=O)=O)C[C@H](C)[C@H](O[Si](C)(C)C(C)(C)C)[C@H]1CCOC(=O)C(C)(C)C. The lowest BCUT2D eigenvalue weighted by Crippen LogP contribution is -2.61. The lowest BCUT2D eigenvalue weighted by molar-refractivity contribution is -0.155. The first-order valence-electron chi connectivity index (χ1n) is 13.6. The van der Waals surface area contributed by atoms with E-state index in [0.29, 0.717) is 19.3 Å². The molecule has 1 aliphatic carbocycles. The average Bonchev–Trinajstić information content (AvgIpc) is 3.25. The Morgan fingerprint density at radius 1 is 1.22 bits per heavy atom. The van der Waals surface area contributed by atoms with Crippen molar-refractivity contribution in [1.82, 2.24) is 0 Å². The van der Waals surface area contributed by atoms with Gasteiger partial charge in [0, 0.05) is 23.6 Å². The molecular formula is C28H51NO6SSi. The van der Waals surface area contributed by atoms with E-state index in [9.17, 15) is 13.2 Å². The van der Waals surface area contributed by atoms with Crippen LogP contribution >= 0.6 is 0 Å². The summed E-state index contributed by atoms with van der Waals surface area (Å²) in [6.45, 7) is 23.8. The van der Waals surface area contributed by atoms with Crippen LogP contribution in [0.25, 0.3) is 0 Å². The molecule has 7 nitrogen and oxygen atoms in total. The molecule has 0 aromatic carbocycles. The molecule has 0 amide bonds. The normalized spacial score (nSPS) is 29.6. The van der Waals surface area contributed by atoms with Crippen molar-refractivity contribution in [2.24, 2.45) is 27.7 Å². The van der Waals surface area contributed by atoms with E-state index < -0.39 is 35.4 Å². The molecule has 1 fully saturated rings. The largest absolute Gasteiger partial charge is 0.465 e. The van der Waals surface area contributed by atoms with Crippen molar-refractivity contribution in [1.29, 1.82) is 0 Å². The van der Waals surface area contributed by atoms with Gasteiger partial charge in [-0.3, -0.25) is 14.0 Å². The number of hydrogen-bond acceptors (Lipinski definition) is 7. The number of allylic oxidation sites excluding steroid dienone is 1. The summed E-state index contributed by atoms with van der Waals surface area (Å²) in [7, 11) is -5.92. The second-order valence-electron chi connectivity index (χ2n) is 13.6. The van der Waals surface area contributed by atoms with E-state index in [1.165, 1.54) is 0 Å². The van der Waals surface area contributed by atoms with Crippen LogP contribution in [-0.2, 0) is 28.3 Å². The molecule has 2 aliphatic rings. The second kappa shape index (κ2) is 11.6.